The van der Waals surface area contributed by atoms with Crippen molar-refractivity contribution in [2.45, 2.75) is 84.7 Å². The van der Waals surface area contributed by atoms with Gasteiger partial charge < -0.3 is 9.84 Å². The zero-order valence-electron chi connectivity index (χ0n) is 16.5. The molecule has 146 valence electrons. The third-order valence-electron chi connectivity index (χ3n) is 9.24. The van der Waals surface area contributed by atoms with Crippen LogP contribution in [0.1, 0.15) is 78.6 Å². The molecule has 0 radical (unpaired) electrons. The van der Waals surface area contributed by atoms with Gasteiger partial charge in [-0.1, -0.05) is 13.8 Å². The highest BCUT2D eigenvalue weighted by atomic mass is 16.5. The van der Waals surface area contributed by atoms with E-state index in [0.717, 1.165) is 43.9 Å². The smallest absolute Gasteiger partial charge is 0.306 e. The second-order valence-corrected chi connectivity index (χ2v) is 10.2. The number of esters is 1. The van der Waals surface area contributed by atoms with Crippen molar-refractivity contribution in [3.8, 4) is 0 Å². The van der Waals surface area contributed by atoms with Gasteiger partial charge in [0.05, 0.1) is 5.92 Å². The molecule has 4 fully saturated rings. The average molecular weight is 363 g/mol. The van der Waals surface area contributed by atoms with Crippen LogP contribution in [0.2, 0.25) is 0 Å². The summed E-state index contributed by atoms with van der Waals surface area (Å²) >= 11 is 0. The molecule has 4 aliphatic carbocycles. The molecule has 8 atom stereocenters. The third-order valence-corrected chi connectivity index (χ3v) is 9.24. The summed E-state index contributed by atoms with van der Waals surface area (Å²) in [7, 11) is 0. The number of carbonyl (C=O) groups is 2. The van der Waals surface area contributed by atoms with Gasteiger partial charge in [0.2, 0.25) is 0 Å². The predicted octanol–water partition coefficient (Wildman–Crippen LogP) is 4.66. The van der Waals surface area contributed by atoms with E-state index in [1.54, 1.807) is 0 Å². The summed E-state index contributed by atoms with van der Waals surface area (Å²) in [4.78, 5) is 23.0. The molecule has 0 aliphatic heterocycles. The SMILES string of the molecule is CC(=O)O[C@H]1CC[C@H]2[C@@H]3CCC4C[C@@H](C(=O)O)CC[C@]4(C)[C@H]3CC[C@]12C. The van der Waals surface area contributed by atoms with E-state index in [1.807, 2.05) is 0 Å². The summed E-state index contributed by atoms with van der Waals surface area (Å²) in [6, 6.07) is 0. The fraction of sp³-hybridized carbons (Fsp3) is 0.909. The van der Waals surface area contributed by atoms with E-state index in [9.17, 15) is 14.7 Å². The first kappa shape index (κ1) is 18.3. The molecule has 26 heavy (non-hydrogen) atoms. The maximum atomic E-state index is 11.6. The van der Waals surface area contributed by atoms with Crippen molar-refractivity contribution in [1.29, 1.82) is 0 Å². The predicted molar refractivity (Wildman–Crippen MR) is 98.4 cm³/mol. The number of fused-ring (bicyclic) bond motifs is 5. The zero-order valence-corrected chi connectivity index (χ0v) is 16.5. The maximum absolute atomic E-state index is 11.6. The maximum Gasteiger partial charge on any atom is 0.306 e. The Morgan fingerprint density at radius 3 is 2.31 bits per heavy atom. The lowest BCUT2D eigenvalue weighted by atomic mass is 9.44. The lowest BCUT2D eigenvalue weighted by Gasteiger charge is -2.60. The van der Waals surface area contributed by atoms with Crippen molar-refractivity contribution in [2.24, 2.45) is 40.4 Å². The number of carbonyl (C=O) groups excluding carboxylic acids is 1. The highest BCUT2D eigenvalue weighted by Gasteiger charge is 2.61. The first-order valence-electron chi connectivity index (χ1n) is 10.7. The van der Waals surface area contributed by atoms with Crippen LogP contribution in [0.15, 0.2) is 0 Å². The number of aliphatic carboxylic acids is 1. The number of hydrogen-bond acceptors (Lipinski definition) is 3. The molecule has 0 amide bonds. The van der Waals surface area contributed by atoms with E-state index in [-0.39, 0.29) is 23.4 Å². The number of hydrogen-bond donors (Lipinski definition) is 1. The Morgan fingerprint density at radius 1 is 0.923 bits per heavy atom. The molecule has 4 heteroatoms. The van der Waals surface area contributed by atoms with E-state index in [0.29, 0.717) is 17.3 Å². The van der Waals surface area contributed by atoms with E-state index >= 15 is 0 Å². The second-order valence-electron chi connectivity index (χ2n) is 10.2. The number of ether oxygens (including phenoxy) is 1. The van der Waals surface area contributed by atoms with Crippen LogP contribution in [0.5, 0.6) is 0 Å². The molecule has 1 N–H and O–H groups in total. The van der Waals surface area contributed by atoms with Crippen molar-refractivity contribution in [3.63, 3.8) is 0 Å². The summed E-state index contributed by atoms with van der Waals surface area (Å²) in [6.45, 7) is 6.37. The quantitative estimate of drug-likeness (QED) is 0.726. The minimum Gasteiger partial charge on any atom is -0.481 e. The Bertz CT molecular complexity index is 601. The van der Waals surface area contributed by atoms with Crippen LogP contribution in [0, 0.1) is 40.4 Å². The average Bonchev–Trinajstić information content (AvgIpc) is 2.90. The normalized spacial score (nSPS) is 50.3. The minimum atomic E-state index is -0.592. The van der Waals surface area contributed by atoms with E-state index in [2.05, 4.69) is 13.8 Å². The van der Waals surface area contributed by atoms with Crippen LogP contribution in [-0.2, 0) is 14.3 Å². The molecular weight excluding hydrogens is 328 g/mol. The van der Waals surface area contributed by atoms with Crippen LogP contribution in [0.4, 0.5) is 0 Å². The molecule has 4 rings (SSSR count). The standard InChI is InChI=1S/C22H34O4/c1-13(23)26-19-7-6-17-16-5-4-15-12-14(20(24)25)8-10-21(15,2)18(16)9-11-22(17,19)3/h14-19H,4-12H2,1-3H3,(H,24,25)/t14-,15?,16-,17-,18-,19-,21-,22-/m0/s1. The highest BCUT2D eigenvalue weighted by Crippen LogP contribution is 2.66. The van der Waals surface area contributed by atoms with Crippen molar-refractivity contribution in [1.82, 2.24) is 0 Å². The number of rotatable bonds is 2. The van der Waals surface area contributed by atoms with Gasteiger partial charge in [-0.05, 0) is 86.9 Å². The lowest BCUT2D eigenvalue weighted by molar-refractivity contribution is -0.165. The number of carboxylic acids is 1. The molecule has 4 saturated carbocycles. The fourth-order valence-electron chi connectivity index (χ4n) is 7.83. The van der Waals surface area contributed by atoms with E-state index < -0.39 is 5.97 Å². The molecular formula is C22H34O4. The summed E-state index contributed by atoms with van der Waals surface area (Å²) < 4.78 is 5.73. The first-order valence-corrected chi connectivity index (χ1v) is 10.7. The van der Waals surface area contributed by atoms with Gasteiger partial charge in [0.25, 0.3) is 0 Å². The summed E-state index contributed by atoms with van der Waals surface area (Å²) in [5.41, 5.74) is 0.462. The molecule has 0 bridgehead atoms. The highest BCUT2D eigenvalue weighted by molar-refractivity contribution is 5.70. The van der Waals surface area contributed by atoms with Crippen molar-refractivity contribution in [3.05, 3.63) is 0 Å². The Labute approximate surface area is 157 Å². The Hall–Kier alpha value is -1.06. The fourth-order valence-corrected chi connectivity index (χ4v) is 7.83. The lowest BCUT2D eigenvalue weighted by Crippen LogP contribution is -2.54. The molecule has 4 nitrogen and oxygen atoms in total. The third kappa shape index (κ3) is 2.62. The van der Waals surface area contributed by atoms with Crippen LogP contribution < -0.4 is 0 Å². The Kier molecular flexibility index (Phi) is 4.39. The molecule has 0 saturated heterocycles. The molecule has 0 aromatic carbocycles. The van der Waals surface area contributed by atoms with Gasteiger partial charge >= 0.3 is 11.9 Å². The van der Waals surface area contributed by atoms with Gasteiger partial charge in [-0.3, -0.25) is 9.59 Å². The molecule has 0 aromatic rings. The van der Waals surface area contributed by atoms with Gasteiger partial charge in [0.1, 0.15) is 6.10 Å². The van der Waals surface area contributed by atoms with Crippen LogP contribution in [0.3, 0.4) is 0 Å². The van der Waals surface area contributed by atoms with E-state index in [4.69, 9.17) is 4.74 Å². The summed E-state index contributed by atoms with van der Waals surface area (Å²) in [5, 5.41) is 9.46. The topological polar surface area (TPSA) is 63.6 Å². The van der Waals surface area contributed by atoms with Crippen LogP contribution in [-0.4, -0.2) is 23.1 Å². The molecule has 0 aromatic heterocycles. The Morgan fingerprint density at radius 2 is 1.62 bits per heavy atom. The van der Waals surface area contributed by atoms with Gasteiger partial charge in [-0.2, -0.15) is 0 Å². The zero-order chi connectivity index (χ0) is 18.7. The van der Waals surface area contributed by atoms with Crippen LogP contribution in [0.25, 0.3) is 0 Å². The Balaban J connectivity index is 1.55. The second kappa shape index (κ2) is 6.24. The number of carboxylic acid groups (broad SMARTS) is 1. The van der Waals surface area contributed by atoms with E-state index in [1.165, 1.54) is 32.6 Å². The monoisotopic (exact) mass is 362 g/mol. The largest absolute Gasteiger partial charge is 0.481 e. The molecule has 1 unspecified atom stereocenters. The van der Waals surface area contributed by atoms with Gasteiger partial charge in [-0.15, -0.1) is 0 Å². The summed E-state index contributed by atoms with van der Waals surface area (Å²) in [5.74, 6) is 1.85. The molecule has 4 aliphatic rings. The molecule has 0 spiro atoms. The first-order chi connectivity index (χ1) is 12.3. The molecule has 0 heterocycles. The summed E-state index contributed by atoms with van der Waals surface area (Å²) in [6.07, 6.45) is 9.92. The van der Waals surface area contributed by atoms with Gasteiger partial charge in [-0.25, -0.2) is 0 Å². The van der Waals surface area contributed by atoms with Gasteiger partial charge in [0.15, 0.2) is 0 Å². The van der Waals surface area contributed by atoms with Crippen LogP contribution >= 0.6 is 0 Å². The van der Waals surface area contributed by atoms with Crippen molar-refractivity contribution < 1.29 is 19.4 Å². The van der Waals surface area contributed by atoms with Crippen molar-refractivity contribution in [2.75, 3.05) is 0 Å². The van der Waals surface area contributed by atoms with Crippen molar-refractivity contribution >= 4 is 11.9 Å². The minimum absolute atomic E-state index is 0.0965. The van der Waals surface area contributed by atoms with Gasteiger partial charge in [0, 0.05) is 12.3 Å².